The molecule has 0 spiro atoms. The van der Waals surface area contributed by atoms with E-state index in [-0.39, 0.29) is 17.9 Å². The summed E-state index contributed by atoms with van der Waals surface area (Å²) in [5, 5.41) is 2.88. The van der Waals surface area contributed by atoms with Gasteiger partial charge in [-0.05, 0) is 13.8 Å². The van der Waals surface area contributed by atoms with E-state index in [4.69, 9.17) is 0 Å². The van der Waals surface area contributed by atoms with Gasteiger partial charge in [0.05, 0.1) is 18.7 Å². The minimum Gasteiger partial charge on any atom is -0.340 e. The van der Waals surface area contributed by atoms with Crippen molar-refractivity contribution in [2.75, 3.05) is 7.05 Å². The van der Waals surface area contributed by atoms with Crippen molar-refractivity contribution in [3.63, 3.8) is 0 Å². The van der Waals surface area contributed by atoms with Crippen molar-refractivity contribution < 1.29 is 4.79 Å². The highest BCUT2D eigenvalue weighted by atomic mass is 32.1. The summed E-state index contributed by atoms with van der Waals surface area (Å²) in [7, 11) is 1.72. The van der Waals surface area contributed by atoms with E-state index in [0.717, 1.165) is 16.3 Å². The van der Waals surface area contributed by atoms with Crippen LogP contribution in [0.4, 0.5) is 0 Å². The number of hydrogen-bond donors (Lipinski definition) is 1. The van der Waals surface area contributed by atoms with Gasteiger partial charge in [-0.2, -0.15) is 0 Å². The monoisotopic (exact) mass is 368 g/mol. The zero-order chi connectivity index (χ0) is 18.7. The number of carbonyl (C=O) groups excluding carboxylic acids is 1. The first-order valence-electron chi connectivity index (χ1n) is 8.24. The molecule has 0 unspecified atom stereocenters. The third kappa shape index (κ3) is 4.05. The van der Waals surface area contributed by atoms with Crippen molar-refractivity contribution in [1.82, 2.24) is 19.9 Å². The van der Waals surface area contributed by atoms with E-state index < -0.39 is 0 Å². The van der Waals surface area contributed by atoms with E-state index in [0.29, 0.717) is 23.6 Å². The Morgan fingerprint density at radius 2 is 1.92 bits per heavy atom. The maximum Gasteiger partial charge on any atom is 0.254 e. The first-order valence-corrected chi connectivity index (χ1v) is 9.12. The Balaban J connectivity index is 1.69. The molecule has 0 saturated carbocycles. The Labute approximate surface area is 155 Å². The predicted octanol–water partition coefficient (Wildman–Crippen LogP) is 2.71. The Morgan fingerprint density at radius 1 is 1.19 bits per heavy atom. The SMILES string of the molecule is Cc1nc(C)c(CC(=O)N(C)Cc2csc(-c3ccccc3)n2)c(=O)[nH]1. The quantitative estimate of drug-likeness (QED) is 0.751. The molecule has 26 heavy (non-hydrogen) atoms. The molecular formula is C19H20N4O2S. The number of nitrogens with one attached hydrogen (secondary N) is 1. The van der Waals surface area contributed by atoms with E-state index in [1.807, 2.05) is 35.7 Å². The van der Waals surface area contributed by atoms with Gasteiger partial charge in [0.2, 0.25) is 5.91 Å². The minimum atomic E-state index is -0.253. The van der Waals surface area contributed by atoms with Gasteiger partial charge >= 0.3 is 0 Å². The first kappa shape index (κ1) is 18.0. The van der Waals surface area contributed by atoms with E-state index in [2.05, 4.69) is 15.0 Å². The number of aromatic amines is 1. The molecule has 1 aromatic carbocycles. The van der Waals surface area contributed by atoms with Gasteiger partial charge in [0.25, 0.3) is 5.56 Å². The summed E-state index contributed by atoms with van der Waals surface area (Å²) in [5.74, 6) is 0.409. The molecule has 0 fully saturated rings. The van der Waals surface area contributed by atoms with Crippen molar-refractivity contribution in [1.29, 1.82) is 0 Å². The van der Waals surface area contributed by atoms with Crippen LogP contribution in [0, 0.1) is 13.8 Å². The second kappa shape index (κ2) is 7.61. The fourth-order valence-corrected chi connectivity index (χ4v) is 3.49. The summed E-state index contributed by atoms with van der Waals surface area (Å²) in [6.45, 7) is 3.87. The number of amides is 1. The number of carbonyl (C=O) groups is 1. The molecule has 1 amide bonds. The Bertz CT molecular complexity index is 979. The topological polar surface area (TPSA) is 79.0 Å². The maximum atomic E-state index is 12.5. The van der Waals surface area contributed by atoms with Gasteiger partial charge in [-0.15, -0.1) is 11.3 Å². The molecule has 0 atom stereocenters. The number of rotatable bonds is 5. The van der Waals surface area contributed by atoms with E-state index >= 15 is 0 Å². The predicted molar refractivity (Wildman–Crippen MR) is 102 cm³/mol. The Morgan fingerprint density at radius 3 is 2.62 bits per heavy atom. The van der Waals surface area contributed by atoms with Gasteiger partial charge < -0.3 is 9.88 Å². The molecule has 6 nitrogen and oxygen atoms in total. The van der Waals surface area contributed by atoms with Crippen LogP contribution in [0.2, 0.25) is 0 Å². The highest BCUT2D eigenvalue weighted by Gasteiger charge is 2.16. The lowest BCUT2D eigenvalue weighted by Crippen LogP contribution is -2.31. The number of likely N-dealkylation sites (N-methyl/N-ethyl adjacent to an activating group) is 1. The maximum absolute atomic E-state index is 12.5. The molecule has 3 aromatic rings. The zero-order valence-corrected chi connectivity index (χ0v) is 15.8. The van der Waals surface area contributed by atoms with Crippen molar-refractivity contribution in [2.24, 2.45) is 0 Å². The lowest BCUT2D eigenvalue weighted by Gasteiger charge is -2.16. The fraction of sp³-hybridized carbons (Fsp3) is 0.263. The van der Waals surface area contributed by atoms with Crippen LogP contribution in [-0.4, -0.2) is 32.8 Å². The molecule has 1 N–H and O–H groups in total. The molecule has 2 aromatic heterocycles. The summed E-state index contributed by atoms with van der Waals surface area (Å²) in [4.78, 5) is 37.6. The van der Waals surface area contributed by atoms with Crippen molar-refractivity contribution in [3.05, 3.63) is 68.8 Å². The van der Waals surface area contributed by atoms with Crippen LogP contribution in [0.25, 0.3) is 10.6 Å². The lowest BCUT2D eigenvalue weighted by atomic mass is 10.1. The van der Waals surface area contributed by atoms with Gasteiger partial charge in [0.15, 0.2) is 0 Å². The molecule has 3 rings (SSSR count). The molecule has 0 saturated heterocycles. The average Bonchev–Trinajstić information content (AvgIpc) is 3.07. The molecule has 0 aliphatic heterocycles. The summed E-state index contributed by atoms with van der Waals surface area (Å²) >= 11 is 1.55. The van der Waals surface area contributed by atoms with E-state index in [1.54, 1.807) is 37.1 Å². The number of hydrogen-bond acceptors (Lipinski definition) is 5. The van der Waals surface area contributed by atoms with Crippen molar-refractivity contribution >= 4 is 17.2 Å². The third-order valence-corrected chi connectivity index (χ3v) is 5.01. The Hall–Kier alpha value is -2.80. The number of aromatic nitrogens is 3. The molecule has 0 aliphatic carbocycles. The zero-order valence-electron chi connectivity index (χ0n) is 14.9. The number of benzene rings is 1. The van der Waals surface area contributed by atoms with Crippen LogP contribution in [0.5, 0.6) is 0 Å². The third-order valence-electron chi connectivity index (χ3n) is 4.07. The second-order valence-electron chi connectivity index (χ2n) is 6.15. The number of thiazole rings is 1. The number of H-pyrrole nitrogens is 1. The Kier molecular flexibility index (Phi) is 5.27. The highest BCUT2D eigenvalue weighted by molar-refractivity contribution is 7.13. The summed E-state index contributed by atoms with van der Waals surface area (Å²) in [6, 6.07) is 9.94. The fourth-order valence-electron chi connectivity index (χ4n) is 2.67. The van der Waals surface area contributed by atoms with Crippen LogP contribution < -0.4 is 5.56 Å². The van der Waals surface area contributed by atoms with Crippen LogP contribution >= 0.6 is 11.3 Å². The summed E-state index contributed by atoms with van der Waals surface area (Å²) in [6.07, 6.45) is 0.0284. The van der Waals surface area contributed by atoms with Gasteiger partial charge in [-0.25, -0.2) is 9.97 Å². The molecule has 7 heteroatoms. The minimum absolute atomic E-state index is 0.0284. The van der Waals surface area contributed by atoms with Crippen LogP contribution in [0.3, 0.4) is 0 Å². The van der Waals surface area contributed by atoms with E-state index in [9.17, 15) is 9.59 Å². The second-order valence-corrected chi connectivity index (χ2v) is 7.01. The van der Waals surface area contributed by atoms with Gasteiger partial charge in [-0.3, -0.25) is 9.59 Å². The molecule has 0 radical (unpaired) electrons. The van der Waals surface area contributed by atoms with Crippen LogP contribution in [0.1, 0.15) is 22.8 Å². The van der Waals surface area contributed by atoms with Gasteiger partial charge in [-0.1, -0.05) is 30.3 Å². The number of aryl methyl sites for hydroxylation is 2. The average molecular weight is 368 g/mol. The van der Waals surface area contributed by atoms with E-state index in [1.165, 1.54) is 0 Å². The smallest absolute Gasteiger partial charge is 0.254 e. The standard InChI is InChI=1S/C19H20N4O2S/c1-12-16(18(25)21-13(2)20-12)9-17(24)23(3)10-15-11-26-19(22-15)14-7-5-4-6-8-14/h4-8,11H,9-10H2,1-3H3,(H,20,21,25). The van der Waals surface area contributed by atoms with Crippen molar-refractivity contribution in [3.8, 4) is 10.6 Å². The normalized spacial score (nSPS) is 10.7. The van der Waals surface area contributed by atoms with Crippen LogP contribution in [-0.2, 0) is 17.8 Å². The largest absolute Gasteiger partial charge is 0.340 e. The van der Waals surface area contributed by atoms with Gasteiger partial charge in [0, 0.05) is 29.2 Å². The van der Waals surface area contributed by atoms with Crippen LogP contribution in [0.15, 0.2) is 40.5 Å². The highest BCUT2D eigenvalue weighted by Crippen LogP contribution is 2.23. The summed E-state index contributed by atoms with van der Waals surface area (Å²) < 4.78 is 0. The first-order chi connectivity index (χ1) is 12.4. The molecule has 0 bridgehead atoms. The summed E-state index contributed by atoms with van der Waals surface area (Å²) in [5.41, 5.74) is 2.64. The van der Waals surface area contributed by atoms with Gasteiger partial charge in [0.1, 0.15) is 10.8 Å². The molecule has 134 valence electrons. The molecule has 2 heterocycles. The number of nitrogens with zero attached hydrogens (tertiary/aromatic N) is 3. The molecule has 0 aliphatic rings. The van der Waals surface area contributed by atoms with Crippen molar-refractivity contribution in [2.45, 2.75) is 26.8 Å². The molecular weight excluding hydrogens is 348 g/mol. The lowest BCUT2D eigenvalue weighted by molar-refractivity contribution is -0.129.